The minimum Gasteiger partial charge on any atom is -0.467 e. The lowest BCUT2D eigenvalue weighted by atomic mass is 10.0. The molecular weight excluding hydrogens is 222 g/mol. The maximum absolute atomic E-state index is 5.57. The van der Waals surface area contributed by atoms with Gasteiger partial charge in [0.05, 0.1) is 12.3 Å². The number of hydrogen-bond acceptors (Lipinski definition) is 2. The third-order valence-electron chi connectivity index (χ3n) is 3.13. The van der Waals surface area contributed by atoms with Gasteiger partial charge in [-0.2, -0.15) is 0 Å². The molecule has 0 saturated heterocycles. The topological polar surface area (TPSA) is 25.2 Å². The quantitative estimate of drug-likeness (QED) is 0.824. The molecular formula is C16H21NO. The molecule has 96 valence electrons. The Labute approximate surface area is 109 Å². The molecule has 2 nitrogen and oxygen atoms in total. The monoisotopic (exact) mass is 243 g/mol. The van der Waals surface area contributed by atoms with Crippen LogP contribution in [0.25, 0.3) is 0 Å². The molecule has 2 unspecified atom stereocenters. The van der Waals surface area contributed by atoms with Crippen molar-refractivity contribution >= 4 is 0 Å². The summed E-state index contributed by atoms with van der Waals surface area (Å²) in [5.41, 5.74) is 1.25. The van der Waals surface area contributed by atoms with Crippen molar-refractivity contribution in [1.29, 1.82) is 0 Å². The third kappa shape index (κ3) is 3.23. The van der Waals surface area contributed by atoms with Crippen LogP contribution in [0, 0.1) is 0 Å². The van der Waals surface area contributed by atoms with Gasteiger partial charge in [0.1, 0.15) is 5.76 Å². The van der Waals surface area contributed by atoms with Crippen molar-refractivity contribution in [2.45, 2.75) is 38.8 Å². The van der Waals surface area contributed by atoms with Gasteiger partial charge in [0.25, 0.3) is 0 Å². The van der Waals surface area contributed by atoms with Crippen LogP contribution in [0.15, 0.2) is 53.1 Å². The Bertz CT molecular complexity index is 435. The van der Waals surface area contributed by atoms with Gasteiger partial charge in [0.2, 0.25) is 0 Å². The van der Waals surface area contributed by atoms with Crippen LogP contribution in [-0.4, -0.2) is 6.04 Å². The second kappa shape index (κ2) is 6.41. The summed E-state index contributed by atoms with van der Waals surface area (Å²) in [6.07, 6.45) is 4.09. The van der Waals surface area contributed by atoms with Crippen LogP contribution in [0.2, 0.25) is 0 Å². The van der Waals surface area contributed by atoms with Crippen LogP contribution in [0.1, 0.15) is 44.1 Å². The average molecular weight is 243 g/mol. The van der Waals surface area contributed by atoms with E-state index < -0.39 is 0 Å². The predicted octanol–water partition coefficient (Wildman–Crippen LogP) is 4.15. The molecule has 0 bridgehead atoms. The van der Waals surface area contributed by atoms with Crippen LogP contribution in [0.5, 0.6) is 0 Å². The maximum atomic E-state index is 5.57. The van der Waals surface area contributed by atoms with E-state index in [-0.39, 0.29) is 6.04 Å². The van der Waals surface area contributed by atoms with Crippen molar-refractivity contribution in [3.05, 3.63) is 60.1 Å². The van der Waals surface area contributed by atoms with Gasteiger partial charge in [-0.3, -0.25) is 0 Å². The molecule has 0 saturated carbocycles. The van der Waals surface area contributed by atoms with E-state index in [9.17, 15) is 0 Å². The van der Waals surface area contributed by atoms with Crippen molar-refractivity contribution < 1.29 is 4.42 Å². The van der Waals surface area contributed by atoms with Crippen LogP contribution in [0.3, 0.4) is 0 Å². The van der Waals surface area contributed by atoms with Crippen LogP contribution in [-0.2, 0) is 0 Å². The van der Waals surface area contributed by atoms with Crippen LogP contribution >= 0.6 is 0 Å². The smallest absolute Gasteiger partial charge is 0.125 e. The summed E-state index contributed by atoms with van der Waals surface area (Å²) in [5, 5.41) is 3.64. The number of benzene rings is 1. The largest absolute Gasteiger partial charge is 0.467 e. The molecule has 0 aliphatic heterocycles. The first-order valence-corrected chi connectivity index (χ1v) is 6.65. The Hall–Kier alpha value is -1.54. The molecule has 1 aromatic carbocycles. The van der Waals surface area contributed by atoms with Gasteiger partial charge >= 0.3 is 0 Å². The third-order valence-corrected chi connectivity index (χ3v) is 3.13. The van der Waals surface area contributed by atoms with Crippen molar-refractivity contribution in [3.63, 3.8) is 0 Å². The lowest BCUT2D eigenvalue weighted by molar-refractivity contribution is 0.402. The second-order valence-corrected chi connectivity index (χ2v) is 4.72. The van der Waals surface area contributed by atoms with Crippen LogP contribution in [0.4, 0.5) is 0 Å². The van der Waals surface area contributed by atoms with E-state index in [4.69, 9.17) is 4.42 Å². The molecule has 2 heteroatoms. The van der Waals surface area contributed by atoms with Crippen molar-refractivity contribution in [1.82, 2.24) is 5.32 Å². The molecule has 0 fully saturated rings. The average Bonchev–Trinajstić information content (AvgIpc) is 2.91. The zero-order valence-electron chi connectivity index (χ0n) is 11.1. The van der Waals surface area contributed by atoms with Crippen molar-refractivity contribution in [2.75, 3.05) is 0 Å². The Balaban J connectivity index is 2.19. The van der Waals surface area contributed by atoms with Gasteiger partial charge in [0, 0.05) is 6.04 Å². The van der Waals surface area contributed by atoms with Gasteiger partial charge in [-0.25, -0.2) is 0 Å². The van der Waals surface area contributed by atoms with E-state index in [0.29, 0.717) is 6.04 Å². The molecule has 0 amide bonds. The molecule has 0 aliphatic carbocycles. The summed E-state index contributed by atoms with van der Waals surface area (Å²) in [5.74, 6) is 0.976. The normalized spacial score (nSPS) is 14.3. The highest BCUT2D eigenvalue weighted by atomic mass is 16.3. The molecule has 2 atom stereocenters. The van der Waals surface area contributed by atoms with Crippen molar-refractivity contribution in [3.8, 4) is 0 Å². The summed E-state index contributed by atoms with van der Waals surface area (Å²) in [6.45, 7) is 4.44. The summed E-state index contributed by atoms with van der Waals surface area (Å²) in [7, 11) is 0. The number of nitrogens with one attached hydrogen (secondary N) is 1. The molecule has 0 aliphatic rings. The summed E-state index contributed by atoms with van der Waals surface area (Å²) in [4.78, 5) is 0. The van der Waals surface area contributed by atoms with Gasteiger partial charge in [0.15, 0.2) is 0 Å². The highest BCUT2D eigenvalue weighted by molar-refractivity contribution is 5.26. The first kappa shape index (κ1) is 12.9. The Kier molecular flexibility index (Phi) is 4.59. The summed E-state index contributed by atoms with van der Waals surface area (Å²) in [6, 6.07) is 15.0. The Morgan fingerprint density at radius 3 is 2.50 bits per heavy atom. The van der Waals surface area contributed by atoms with E-state index in [1.807, 2.05) is 18.2 Å². The van der Waals surface area contributed by atoms with Gasteiger partial charge in [-0.05, 0) is 31.0 Å². The van der Waals surface area contributed by atoms with Crippen molar-refractivity contribution in [2.24, 2.45) is 0 Å². The highest BCUT2D eigenvalue weighted by Crippen LogP contribution is 2.23. The minimum absolute atomic E-state index is 0.141. The zero-order chi connectivity index (χ0) is 12.8. The lowest BCUT2D eigenvalue weighted by Gasteiger charge is -2.22. The highest BCUT2D eigenvalue weighted by Gasteiger charge is 2.18. The molecule has 0 spiro atoms. The van der Waals surface area contributed by atoms with Crippen LogP contribution < -0.4 is 5.32 Å². The standard InChI is InChI=1S/C16H21NO/c1-3-8-13(2)17-16(15-11-7-12-18-15)14-9-5-4-6-10-14/h4-7,9-13,16-17H,3,8H2,1-2H3. The second-order valence-electron chi connectivity index (χ2n) is 4.72. The van der Waals surface area contributed by atoms with E-state index >= 15 is 0 Å². The number of rotatable bonds is 6. The van der Waals surface area contributed by atoms with E-state index in [2.05, 4.69) is 43.4 Å². The first-order valence-electron chi connectivity index (χ1n) is 6.65. The van der Waals surface area contributed by atoms with E-state index in [1.165, 1.54) is 18.4 Å². The molecule has 1 aromatic heterocycles. The van der Waals surface area contributed by atoms with E-state index in [0.717, 1.165) is 5.76 Å². The summed E-state index contributed by atoms with van der Waals surface area (Å²) >= 11 is 0. The number of furan rings is 1. The predicted molar refractivity (Wildman–Crippen MR) is 74.5 cm³/mol. The molecule has 2 aromatic rings. The summed E-state index contributed by atoms with van der Waals surface area (Å²) < 4.78 is 5.57. The Morgan fingerprint density at radius 1 is 1.11 bits per heavy atom. The lowest BCUT2D eigenvalue weighted by Crippen LogP contribution is -2.30. The zero-order valence-corrected chi connectivity index (χ0v) is 11.1. The van der Waals surface area contributed by atoms with E-state index in [1.54, 1.807) is 6.26 Å². The number of hydrogen-bond donors (Lipinski definition) is 1. The molecule has 2 rings (SSSR count). The SMILES string of the molecule is CCCC(C)NC(c1ccccc1)c1ccco1. The minimum atomic E-state index is 0.141. The van der Waals surface area contributed by atoms with Gasteiger partial charge in [-0.15, -0.1) is 0 Å². The molecule has 1 heterocycles. The molecule has 1 N–H and O–H groups in total. The Morgan fingerprint density at radius 2 is 1.89 bits per heavy atom. The molecule has 0 radical (unpaired) electrons. The fraction of sp³-hybridized carbons (Fsp3) is 0.375. The fourth-order valence-corrected chi connectivity index (χ4v) is 2.24. The van der Waals surface area contributed by atoms with Gasteiger partial charge in [-0.1, -0.05) is 43.7 Å². The van der Waals surface area contributed by atoms with Gasteiger partial charge < -0.3 is 9.73 Å². The maximum Gasteiger partial charge on any atom is 0.125 e. The fourth-order valence-electron chi connectivity index (χ4n) is 2.24. The molecule has 18 heavy (non-hydrogen) atoms. The first-order chi connectivity index (χ1) is 8.81.